The third kappa shape index (κ3) is 4.02. The number of halogens is 1. The average molecular weight is 332 g/mol. The second kappa shape index (κ2) is 7.15. The van der Waals surface area contributed by atoms with Gasteiger partial charge in [-0.3, -0.25) is 4.79 Å². The highest BCUT2D eigenvalue weighted by molar-refractivity contribution is 6.31. The summed E-state index contributed by atoms with van der Waals surface area (Å²) in [6, 6.07) is 13.4. The molecule has 0 spiro atoms. The molecule has 2 aromatic rings. The van der Waals surface area contributed by atoms with Crippen LogP contribution in [0.5, 0.6) is 0 Å². The topological polar surface area (TPSA) is 75.4 Å². The van der Waals surface area contributed by atoms with Crippen LogP contribution in [0.3, 0.4) is 0 Å². The van der Waals surface area contributed by atoms with Gasteiger partial charge in [0.15, 0.2) is 0 Å². The van der Waals surface area contributed by atoms with E-state index in [2.05, 4.69) is 5.32 Å². The first-order chi connectivity index (χ1) is 10.9. The molecule has 0 aliphatic heterocycles. The van der Waals surface area contributed by atoms with Gasteiger partial charge in [-0.2, -0.15) is 0 Å². The molecule has 3 N–H and O–H groups in total. The van der Waals surface area contributed by atoms with Crippen LogP contribution in [0.1, 0.15) is 28.9 Å². The first kappa shape index (κ1) is 16.8. The minimum Gasteiger partial charge on any atom is -0.366 e. The van der Waals surface area contributed by atoms with Crippen LogP contribution in [0.25, 0.3) is 0 Å². The first-order valence-corrected chi connectivity index (χ1v) is 7.46. The fraction of sp³-hybridized carbons (Fsp3) is 0.176. The van der Waals surface area contributed by atoms with E-state index >= 15 is 0 Å². The molecule has 0 radical (unpaired) electrons. The van der Waals surface area contributed by atoms with Crippen molar-refractivity contribution in [2.24, 2.45) is 5.73 Å². The van der Waals surface area contributed by atoms with Crippen molar-refractivity contribution in [2.45, 2.75) is 13.0 Å². The predicted octanol–water partition coefficient (Wildman–Crippen LogP) is 3.66. The van der Waals surface area contributed by atoms with Crippen molar-refractivity contribution in [3.05, 3.63) is 64.7 Å². The number of rotatable bonds is 4. The van der Waals surface area contributed by atoms with Crippen LogP contribution >= 0.6 is 11.6 Å². The summed E-state index contributed by atoms with van der Waals surface area (Å²) in [6.07, 6.45) is 0. The van der Waals surface area contributed by atoms with Gasteiger partial charge in [-0.25, -0.2) is 4.79 Å². The van der Waals surface area contributed by atoms with E-state index in [1.54, 1.807) is 31.3 Å². The van der Waals surface area contributed by atoms with Gasteiger partial charge in [0.25, 0.3) is 0 Å². The standard InChI is InChI=1S/C17H18ClN3O2/c1-11(14-8-3-4-9-15(14)18)21(2)17(23)20-13-7-5-6-12(10-13)16(19)22/h3-11H,1-2H3,(H2,19,22)(H,20,23). The number of primary amides is 1. The maximum absolute atomic E-state index is 12.4. The Bertz CT molecular complexity index is 733. The molecule has 0 saturated carbocycles. The first-order valence-electron chi connectivity index (χ1n) is 7.08. The predicted molar refractivity (Wildman–Crippen MR) is 91.6 cm³/mol. The number of hydrogen-bond donors (Lipinski definition) is 2. The molecule has 2 aromatic carbocycles. The molecule has 0 aromatic heterocycles. The number of carbonyl (C=O) groups excluding carboxylic acids is 2. The highest BCUT2D eigenvalue weighted by Crippen LogP contribution is 2.26. The highest BCUT2D eigenvalue weighted by Gasteiger charge is 2.19. The smallest absolute Gasteiger partial charge is 0.322 e. The van der Waals surface area contributed by atoms with Gasteiger partial charge in [0.1, 0.15) is 0 Å². The molecule has 6 heteroatoms. The van der Waals surface area contributed by atoms with Crippen molar-refractivity contribution < 1.29 is 9.59 Å². The molecule has 3 amide bonds. The summed E-state index contributed by atoms with van der Waals surface area (Å²) in [4.78, 5) is 25.1. The molecule has 0 aliphatic carbocycles. The Hall–Kier alpha value is -2.53. The molecule has 0 heterocycles. The molecular weight excluding hydrogens is 314 g/mol. The Balaban J connectivity index is 2.12. The van der Waals surface area contributed by atoms with Gasteiger partial charge < -0.3 is 16.0 Å². The zero-order valence-electron chi connectivity index (χ0n) is 12.9. The summed E-state index contributed by atoms with van der Waals surface area (Å²) in [6.45, 7) is 1.89. The number of hydrogen-bond acceptors (Lipinski definition) is 2. The Morgan fingerprint density at radius 3 is 2.52 bits per heavy atom. The fourth-order valence-electron chi connectivity index (χ4n) is 2.16. The van der Waals surface area contributed by atoms with Crippen LogP contribution in [0, 0.1) is 0 Å². The van der Waals surface area contributed by atoms with Crippen LogP contribution in [0.15, 0.2) is 48.5 Å². The largest absolute Gasteiger partial charge is 0.366 e. The van der Waals surface area contributed by atoms with Crippen LogP contribution in [-0.2, 0) is 0 Å². The van der Waals surface area contributed by atoms with E-state index in [1.807, 2.05) is 25.1 Å². The summed E-state index contributed by atoms with van der Waals surface area (Å²) < 4.78 is 0. The van der Waals surface area contributed by atoms with Crippen molar-refractivity contribution in [3.63, 3.8) is 0 Å². The molecule has 2 rings (SSSR count). The van der Waals surface area contributed by atoms with E-state index in [9.17, 15) is 9.59 Å². The third-order valence-corrected chi connectivity index (χ3v) is 4.00. The molecule has 0 aliphatic rings. The fourth-order valence-corrected chi connectivity index (χ4v) is 2.45. The number of nitrogens with zero attached hydrogens (tertiary/aromatic N) is 1. The van der Waals surface area contributed by atoms with E-state index in [4.69, 9.17) is 17.3 Å². The number of benzene rings is 2. The molecule has 0 saturated heterocycles. The minimum atomic E-state index is -0.543. The molecule has 120 valence electrons. The lowest BCUT2D eigenvalue weighted by molar-refractivity contribution is 0.1000. The van der Waals surface area contributed by atoms with Gasteiger partial charge >= 0.3 is 6.03 Å². The van der Waals surface area contributed by atoms with Crippen LogP contribution in [-0.4, -0.2) is 23.9 Å². The third-order valence-electron chi connectivity index (χ3n) is 3.65. The van der Waals surface area contributed by atoms with Gasteiger partial charge in [-0.15, -0.1) is 0 Å². The van der Waals surface area contributed by atoms with E-state index in [0.717, 1.165) is 5.56 Å². The molecule has 1 unspecified atom stereocenters. The molecular formula is C17H18ClN3O2. The van der Waals surface area contributed by atoms with Crippen molar-refractivity contribution in [1.29, 1.82) is 0 Å². The molecule has 0 fully saturated rings. The van der Waals surface area contributed by atoms with E-state index < -0.39 is 5.91 Å². The molecule has 0 bridgehead atoms. The molecule has 5 nitrogen and oxygen atoms in total. The van der Waals surface area contributed by atoms with Crippen molar-refractivity contribution in [1.82, 2.24) is 4.90 Å². The average Bonchev–Trinajstić information content (AvgIpc) is 2.54. The quantitative estimate of drug-likeness (QED) is 0.897. The van der Waals surface area contributed by atoms with Gasteiger partial charge in [0.2, 0.25) is 5.91 Å². The second-order valence-electron chi connectivity index (χ2n) is 5.18. The van der Waals surface area contributed by atoms with Gasteiger partial charge in [-0.05, 0) is 36.8 Å². The zero-order chi connectivity index (χ0) is 17.0. The number of nitrogens with one attached hydrogen (secondary N) is 1. The molecule has 23 heavy (non-hydrogen) atoms. The number of urea groups is 1. The lowest BCUT2D eigenvalue weighted by Gasteiger charge is -2.26. The Kier molecular flexibility index (Phi) is 5.24. The maximum atomic E-state index is 12.4. The van der Waals surface area contributed by atoms with E-state index in [0.29, 0.717) is 16.3 Å². The SMILES string of the molecule is CC(c1ccccc1Cl)N(C)C(=O)Nc1cccc(C(N)=O)c1. The minimum absolute atomic E-state index is 0.206. The highest BCUT2D eigenvalue weighted by atomic mass is 35.5. The van der Waals surface area contributed by atoms with E-state index in [1.165, 1.54) is 11.0 Å². The summed E-state index contributed by atoms with van der Waals surface area (Å²) in [5.74, 6) is -0.543. The zero-order valence-corrected chi connectivity index (χ0v) is 13.7. The van der Waals surface area contributed by atoms with Crippen LogP contribution in [0.2, 0.25) is 5.02 Å². The lowest BCUT2D eigenvalue weighted by Crippen LogP contribution is -2.33. The van der Waals surface area contributed by atoms with Crippen molar-refractivity contribution in [3.8, 4) is 0 Å². The van der Waals surface area contributed by atoms with Crippen molar-refractivity contribution >= 4 is 29.2 Å². The second-order valence-corrected chi connectivity index (χ2v) is 5.59. The number of nitrogens with two attached hydrogens (primary N) is 1. The summed E-state index contributed by atoms with van der Waals surface area (Å²) in [5, 5.41) is 3.35. The summed E-state index contributed by atoms with van der Waals surface area (Å²) in [7, 11) is 1.68. The van der Waals surface area contributed by atoms with Gasteiger partial charge in [0, 0.05) is 23.3 Å². The van der Waals surface area contributed by atoms with Crippen LogP contribution in [0.4, 0.5) is 10.5 Å². The summed E-state index contributed by atoms with van der Waals surface area (Å²) >= 11 is 6.17. The van der Waals surface area contributed by atoms with E-state index in [-0.39, 0.29) is 12.1 Å². The van der Waals surface area contributed by atoms with Gasteiger partial charge in [0.05, 0.1) is 6.04 Å². The Morgan fingerprint density at radius 2 is 1.87 bits per heavy atom. The maximum Gasteiger partial charge on any atom is 0.322 e. The summed E-state index contributed by atoms with van der Waals surface area (Å²) in [5.41, 5.74) is 6.94. The monoisotopic (exact) mass is 331 g/mol. The lowest BCUT2D eigenvalue weighted by atomic mass is 10.1. The Labute approximate surface area is 140 Å². The normalized spacial score (nSPS) is 11.6. The van der Waals surface area contributed by atoms with Crippen molar-refractivity contribution in [2.75, 3.05) is 12.4 Å². The number of carbonyl (C=O) groups is 2. The number of amides is 3. The van der Waals surface area contributed by atoms with Gasteiger partial charge in [-0.1, -0.05) is 35.9 Å². The molecule has 1 atom stereocenters. The van der Waals surface area contributed by atoms with Crippen LogP contribution < -0.4 is 11.1 Å². The number of anilines is 1. The Morgan fingerprint density at radius 1 is 1.17 bits per heavy atom.